The minimum atomic E-state index is -7.31. The van der Waals surface area contributed by atoms with Gasteiger partial charge >= 0.3 is 33.4 Å². The molecule has 0 aliphatic heterocycles. The van der Waals surface area contributed by atoms with Gasteiger partial charge in [0.25, 0.3) is 0 Å². The van der Waals surface area contributed by atoms with Crippen LogP contribution < -0.4 is 0 Å². The molecule has 0 saturated carbocycles. The molecule has 0 aromatic rings. The fraction of sp³-hybridized carbons (Fsp3) is 0.867. The number of allylic oxidation sites excluding steroid dienone is 2. The van der Waals surface area contributed by atoms with Crippen molar-refractivity contribution >= 4 is 10.1 Å². The molecule has 0 heterocycles. The highest BCUT2D eigenvalue weighted by molar-refractivity contribution is 7.88. The molecule has 0 bridgehead atoms. The molecular weight excluding hydrogens is 431 g/mol. The second-order valence-corrected chi connectivity index (χ2v) is 7.52. The Morgan fingerprint density at radius 2 is 1.32 bits per heavy atom. The van der Waals surface area contributed by atoms with Gasteiger partial charge in [0.05, 0.1) is 0 Å². The van der Waals surface area contributed by atoms with Gasteiger partial charge in [0.2, 0.25) is 0 Å². The number of halogens is 9. The molecule has 0 fully saturated rings. The molecule has 3 nitrogen and oxygen atoms in total. The van der Waals surface area contributed by atoms with E-state index in [0.717, 1.165) is 25.3 Å². The molecule has 0 aliphatic carbocycles. The van der Waals surface area contributed by atoms with Crippen LogP contribution in [0.15, 0.2) is 11.8 Å². The second-order valence-electron chi connectivity index (χ2n) is 5.93. The topological polar surface area (TPSA) is 43.4 Å². The molecule has 0 atom stereocenters. The van der Waals surface area contributed by atoms with Crippen molar-refractivity contribution in [2.24, 2.45) is 0 Å². The minimum Gasteiger partial charge on any atom is -0.383 e. The van der Waals surface area contributed by atoms with Gasteiger partial charge in [-0.25, -0.2) is 0 Å². The molecule has 13 heteroatoms. The van der Waals surface area contributed by atoms with Crippen molar-refractivity contribution < 1.29 is 52.1 Å². The molecule has 0 saturated heterocycles. The number of unbranched alkanes of at least 4 members (excludes halogenated alkanes) is 5. The first kappa shape index (κ1) is 26.9. The van der Waals surface area contributed by atoms with Crippen LogP contribution in [0.25, 0.3) is 0 Å². The summed E-state index contributed by atoms with van der Waals surface area (Å²) in [4.78, 5) is 0. The third kappa shape index (κ3) is 5.69. The van der Waals surface area contributed by atoms with Crippen molar-refractivity contribution in [2.45, 2.75) is 82.1 Å². The zero-order chi connectivity index (χ0) is 22.4. The molecule has 0 aromatic heterocycles. The quantitative estimate of drug-likeness (QED) is 0.149. The first-order valence-corrected chi connectivity index (χ1v) is 9.73. The smallest absolute Gasteiger partial charge is 0.383 e. The molecule has 28 heavy (non-hydrogen) atoms. The summed E-state index contributed by atoms with van der Waals surface area (Å²) in [6, 6.07) is 0. The average molecular weight is 452 g/mol. The molecule has 0 radical (unpaired) electrons. The average Bonchev–Trinajstić information content (AvgIpc) is 2.55. The van der Waals surface area contributed by atoms with E-state index >= 15 is 0 Å². The lowest BCUT2D eigenvalue weighted by molar-refractivity contribution is -0.382. The van der Waals surface area contributed by atoms with Crippen LogP contribution in [0.1, 0.15) is 58.8 Å². The first-order chi connectivity index (χ1) is 12.5. The van der Waals surface area contributed by atoms with Crippen LogP contribution in [0.5, 0.6) is 0 Å². The maximum absolute atomic E-state index is 13.6. The van der Waals surface area contributed by atoms with Gasteiger partial charge < -0.3 is 4.18 Å². The molecule has 168 valence electrons. The molecule has 0 aliphatic rings. The summed E-state index contributed by atoms with van der Waals surface area (Å²) in [5.41, 5.74) is 0. The number of hydrogen-bond acceptors (Lipinski definition) is 3. The van der Waals surface area contributed by atoms with Gasteiger partial charge in [-0.2, -0.15) is 47.9 Å². The monoisotopic (exact) mass is 452 g/mol. The van der Waals surface area contributed by atoms with Crippen molar-refractivity contribution in [1.82, 2.24) is 0 Å². The van der Waals surface area contributed by atoms with Gasteiger partial charge in [-0.3, -0.25) is 0 Å². The van der Waals surface area contributed by atoms with Gasteiger partial charge in [-0.15, -0.1) is 0 Å². The number of alkyl halides is 9. The van der Waals surface area contributed by atoms with Crippen LogP contribution in [0.2, 0.25) is 0 Å². The highest BCUT2D eigenvalue weighted by atomic mass is 32.2. The lowest BCUT2D eigenvalue weighted by atomic mass is 10.1. The molecule has 0 N–H and O–H groups in total. The van der Waals surface area contributed by atoms with Crippen molar-refractivity contribution in [1.29, 1.82) is 0 Å². The molecule has 0 spiro atoms. The summed E-state index contributed by atoms with van der Waals surface area (Å²) in [5.74, 6) is -15.4. The molecule has 0 amide bonds. The highest BCUT2D eigenvalue weighted by Gasteiger charge is 2.86. The van der Waals surface area contributed by atoms with Crippen molar-refractivity contribution in [2.75, 3.05) is 0 Å². The fourth-order valence-electron chi connectivity index (χ4n) is 1.96. The first-order valence-electron chi connectivity index (χ1n) is 8.32. The summed E-state index contributed by atoms with van der Waals surface area (Å²) in [5, 5.41) is -6.84. The predicted octanol–water partition coefficient (Wildman–Crippen LogP) is 6.41. The molecule has 0 aromatic carbocycles. The Labute approximate surface area is 157 Å². The van der Waals surface area contributed by atoms with Crippen molar-refractivity contribution in [3.63, 3.8) is 0 Å². The molecule has 0 unspecified atom stereocenters. The maximum atomic E-state index is 13.6. The zero-order valence-corrected chi connectivity index (χ0v) is 15.9. The van der Waals surface area contributed by atoms with Crippen LogP contribution in [0.3, 0.4) is 0 Å². The largest absolute Gasteiger partial charge is 0.460 e. The van der Waals surface area contributed by atoms with E-state index in [0.29, 0.717) is 12.8 Å². The standard InChI is InChI=1S/C15H21F9O3S/c1-3-5-6-7-8-9-10-11(4-2)27-28(25,26)15(23,24)13(18,19)12(16,17)14(20,21)22/h10H,3-9H2,1-2H3. The van der Waals surface area contributed by atoms with Crippen LogP contribution in [0.4, 0.5) is 39.5 Å². The summed E-state index contributed by atoms with van der Waals surface area (Å²) in [6.07, 6.45) is -2.55. The van der Waals surface area contributed by atoms with E-state index in [1.54, 1.807) is 0 Å². The van der Waals surface area contributed by atoms with E-state index in [4.69, 9.17) is 0 Å². The molecule has 0 rings (SSSR count). The Morgan fingerprint density at radius 1 is 0.821 bits per heavy atom. The summed E-state index contributed by atoms with van der Waals surface area (Å²) in [7, 11) is -6.86. The zero-order valence-electron chi connectivity index (χ0n) is 15.1. The third-order valence-electron chi connectivity index (χ3n) is 3.67. The summed E-state index contributed by atoms with van der Waals surface area (Å²) < 4.78 is 142. The van der Waals surface area contributed by atoms with E-state index in [-0.39, 0.29) is 6.42 Å². The number of rotatable bonds is 12. The van der Waals surface area contributed by atoms with Crippen molar-refractivity contribution in [3.8, 4) is 0 Å². The lowest BCUT2D eigenvalue weighted by Gasteiger charge is -2.32. The number of hydrogen-bond donors (Lipinski definition) is 0. The Hall–Kier alpha value is -1.14. The predicted molar refractivity (Wildman–Crippen MR) is 82.7 cm³/mol. The van der Waals surface area contributed by atoms with Crippen molar-refractivity contribution in [3.05, 3.63) is 11.8 Å². The third-order valence-corrected chi connectivity index (χ3v) is 4.99. The van der Waals surface area contributed by atoms with Gasteiger partial charge in [-0.05, 0) is 18.9 Å². The van der Waals surface area contributed by atoms with Crippen LogP contribution in [-0.2, 0) is 14.3 Å². The second kappa shape index (κ2) is 9.57. The van der Waals surface area contributed by atoms with Gasteiger partial charge in [0.1, 0.15) is 5.76 Å². The maximum Gasteiger partial charge on any atom is 0.460 e. The summed E-state index contributed by atoms with van der Waals surface area (Å²) in [6.45, 7) is 3.14. The summed E-state index contributed by atoms with van der Waals surface area (Å²) >= 11 is 0. The van der Waals surface area contributed by atoms with Gasteiger partial charge in [0.15, 0.2) is 0 Å². The Morgan fingerprint density at radius 3 is 1.75 bits per heavy atom. The Kier molecular flexibility index (Phi) is 9.18. The van der Waals surface area contributed by atoms with E-state index in [2.05, 4.69) is 4.18 Å². The molecular formula is C15H21F9O3S. The van der Waals surface area contributed by atoms with E-state index in [1.165, 1.54) is 6.92 Å². The van der Waals surface area contributed by atoms with E-state index in [1.807, 2.05) is 6.92 Å². The Balaban J connectivity index is 5.49. The van der Waals surface area contributed by atoms with E-state index in [9.17, 15) is 47.9 Å². The van der Waals surface area contributed by atoms with Crippen LogP contribution >= 0.6 is 0 Å². The Bertz CT molecular complexity index is 625. The van der Waals surface area contributed by atoms with Gasteiger partial charge in [0, 0.05) is 6.42 Å². The normalized spacial score (nSPS) is 15.0. The SMILES string of the molecule is CCCCCCCC=C(CC)OS(=O)(=O)C(F)(F)C(F)(F)C(F)(F)C(F)(F)F. The lowest BCUT2D eigenvalue weighted by Crippen LogP contribution is -2.63. The van der Waals surface area contributed by atoms with E-state index < -0.39 is 45.6 Å². The minimum absolute atomic E-state index is 0.114. The van der Waals surface area contributed by atoms with Gasteiger partial charge in [-0.1, -0.05) is 39.5 Å². The van der Waals surface area contributed by atoms with Crippen LogP contribution in [0, 0.1) is 0 Å². The highest BCUT2D eigenvalue weighted by Crippen LogP contribution is 2.55. The van der Waals surface area contributed by atoms with Crippen LogP contribution in [-0.4, -0.2) is 31.7 Å². The fourth-order valence-corrected chi connectivity index (χ4v) is 2.97.